The Hall–Kier alpha value is -1.62. The van der Waals surface area contributed by atoms with Crippen molar-refractivity contribution >= 4 is 5.91 Å². The van der Waals surface area contributed by atoms with Gasteiger partial charge in [-0.3, -0.25) is 4.79 Å². The lowest BCUT2D eigenvalue weighted by atomic mass is 10.2. The highest BCUT2D eigenvalue weighted by Crippen LogP contribution is 2.15. The lowest BCUT2D eigenvalue weighted by Gasteiger charge is -2.07. The fourth-order valence-electron chi connectivity index (χ4n) is 1.63. The van der Waals surface area contributed by atoms with Crippen molar-refractivity contribution in [3.8, 4) is 5.75 Å². The molecule has 0 bridgehead atoms. The van der Waals surface area contributed by atoms with Crippen LogP contribution in [-0.2, 0) is 4.74 Å². The minimum absolute atomic E-state index is 0.0256. The number of nitrogens with one attached hydrogen (secondary N) is 1. The number of hydrogen-bond donors (Lipinski definition) is 1. The molecular weight excluding hydrogens is 261 g/mol. The van der Waals surface area contributed by atoms with E-state index in [1.807, 2.05) is 0 Å². The van der Waals surface area contributed by atoms with Gasteiger partial charge in [-0.15, -0.1) is 0 Å². The van der Waals surface area contributed by atoms with Crippen LogP contribution in [0.15, 0.2) is 18.2 Å². The van der Waals surface area contributed by atoms with Gasteiger partial charge in [-0.05, 0) is 25.0 Å². The van der Waals surface area contributed by atoms with Crippen molar-refractivity contribution in [3.63, 3.8) is 0 Å². The van der Waals surface area contributed by atoms with Gasteiger partial charge >= 0.3 is 0 Å². The van der Waals surface area contributed by atoms with Crippen molar-refractivity contribution in [2.75, 3.05) is 26.9 Å². The first-order valence-electron chi connectivity index (χ1n) is 6.88. The number of halogens is 1. The van der Waals surface area contributed by atoms with E-state index >= 15 is 0 Å². The molecule has 0 saturated heterocycles. The number of methoxy groups -OCH3 is 1. The monoisotopic (exact) mass is 283 g/mol. The molecule has 112 valence electrons. The standard InChI is InChI=1S/C15H22FNO3/c1-3-4-9-20-10-5-8-17-15(18)13-7-6-12(19-2)11-14(13)16/h6-7,11H,3-5,8-10H2,1-2H3,(H,17,18). The highest BCUT2D eigenvalue weighted by molar-refractivity contribution is 5.94. The zero-order chi connectivity index (χ0) is 14.8. The van der Waals surface area contributed by atoms with Gasteiger partial charge in [0.2, 0.25) is 0 Å². The van der Waals surface area contributed by atoms with E-state index < -0.39 is 11.7 Å². The Labute approximate surface area is 119 Å². The number of ether oxygens (including phenoxy) is 2. The van der Waals surface area contributed by atoms with Crippen LogP contribution in [0, 0.1) is 5.82 Å². The fourth-order valence-corrected chi connectivity index (χ4v) is 1.63. The average Bonchev–Trinajstić information content (AvgIpc) is 2.45. The maximum Gasteiger partial charge on any atom is 0.254 e. The predicted octanol–water partition coefficient (Wildman–Crippen LogP) is 2.77. The molecule has 1 N–H and O–H groups in total. The zero-order valence-corrected chi connectivity index (χ0v) is 12.1. The summed E-state index contributed by atoms with van der Waals surface area (Å²) in [5.74, 6) is -0.608. The quantitative estimate of drug-likeness (QED) is 0.709. The molecule has 1 rings (SSSR count). The van der Waals surface area contributed by atoms with Crippen molar-refractivity contribution in [1.29, 1.82) is 0 Å². The Morgan fingerprint density at radius 2 is 2.05 bits per heavy atom. The van der Waals surface area contributed by atoms with E-state index in [0.29, 0.717) is 25.3 Å². The van der Waals surface area contributed by atoms with Gasteiger partial charge in [-0.25, -0.2) is 4.39 Å². The molecule has 0 fully saturated rings. The molecule has 1 amide bonds. The average molecular weight is 283 g/mol. The van der Waals surface area contributed by atoms with Gasteiger partial charge in [-0.1, -0.05) is 13.3 Å². The highest BCUT2D eigenvalue weighted by atomic mass is 19.1. The summed E-state index contributed by atoms with van der Waals surface area (Å²) in [6.45, 7) is 3.92. The first kappa shape index (κ1) is 16.4. The molecule has 1 aromatic carbocycles. The van der Waals surface area contributed by atoms with Crippen LogP contribution in [0.4, 0.5) is 4.39 Å². The number of benzene rings is 1. The first-order valence-corrected chi connectivity index (χ1v) is 6.88. The molecular formula is C15H22FNO3. The van der Waals surface area contributed by atoms with E-state index in [1.165, 1.54) is 19.2 Å². The van der Waals surface area contributed by atoms with Crippen LogP contribution >= 0.6 is 0 Å². The van der Waals surface area contributed by atoms with Crippen LogP contribution in [0.2, 0.25) is 0 Å². The molecule has 5 heteroatoms. The number of carbonyl (C=O) groups is 1. The SMILES string of the molecule is CCCCOCCCNC(=O)c1ccc(OC)cc1F. The Kier molecular flexibility index (Phi) is 7.65. The van der Waals surface area contributed by atoms with Crippen molar-refractivity contribution < 1.29 is 18.7 Å². The van der Waals surface area contributed by atoms with Crippen molar-refractivity contribution in [2.24, 2.45) is 0 Å². The van der Waals surface area contributed by atoms with Gasteiger partial charge in [0.05, 0.1) is 12.7 Å². The van der Waals surface area contributed by atoms with E-state index in [9.17, 15) is 9.18 Å². The highest BCUT2D eigenvalue weighted by Gasteiger charge is 2.11. The second-order valence-electron chi connectivity index (χ2n) is 4.42. The summed E-state index contributed by atoms with van der Waals surface area (Å²) in [6, 6.07) is 4.18. The van der Waals surface area contributed by atoms with Gasteiger partial charge in [0.1, 0.15) is 11.6 Å². The molecule has 0 unspecified atom stereocenters. The summed E-state index contributed by atoms with van der Waals surface area (Å²) in [7, 11) is 1.45. The number of unbranched alkanes of at least 4 members (excludes halogenated alkanes) is 1. The van der Waals surface area contributed by atoms with Crippen LogP contribution in [0.3, 0.4) is 0 Å². The molecule has 0 aliphatic rings. The minimum Gasteiger partial charge on any atom is -0.497 e. The molecule has 0 aliphatic heterocycles. The number of rotatable bonds is 9. The fraction of sp³-hybridized carbons (Fsp3) is 0.533. The number of hydrogen-bond acceptors (Lipinski definition) is 3. The maximum absolute atomic E-state index is 13.6. The normalized spacial score (nSPS) is 10.3. The number of amides is 1. The van der Waals surface area contributed by atoms with E-state index in [2.05, 4.69) is 12.2 Å². The van der Waals surface area contributed by atoms with Crippen molar-refractivity contribution in [3.05, 3.63) is 29.6 Å². The Morgan fingerprint density at radius 1 is 1.30 bits per heavy atom. The van der Waals surface area contributed by atoms with Crippen LogP contribution in [0.25, 0.3) is 0 Å². The van der Waals surface area contributed by atoms with Crippen molar-refractivity contribution in [1.82, 2.24) is 5.32 Å². The summed E-state index contributed by atoms with van der Waals surface area (Å²) < 4.78 is 23.9. The van der Waals surface area contributed by atoms with Gasteiger partial charge < -0.3 is 14.8 Å². The van der Waals surface area contributed by atoms with E-state index in [-0.39, 0.29) is 5.56 Å². The van der Waals surface area contributed by atoms with Crippen LogP contribution in [0.5, 0.6) is 5.75 Å². The molecule has 4 nitrogen and oxygen atoms in total. The second kappa shape index (κ2) is 9.31. The molecule has 20 heavy (non-hydrogen) atoms. The summed E-state index contributed by atoms with van der Waals surface area (Å²) in [5, 5.41) is 2.67. The first-order chi connectivity index (χ1) is 9.69. The summed E-state index contributed by atoms with van der Waals surface area (Å²) in [6.07, 6.45) is 2.87. The number of carbonyl (C=O) groups excluding carboxylic acids is 1. The topological polar surface area (TPSA) is 47.6 Å². The van der Waals surface area contributed by atoms with E-state index in [4.69, 9.17) is 9.47 Å². The third-order valence-corrected chi connectivity index (χ3v) is 2.81. The molecule has 0 heterocycles. The van der Waals surface area contributed by atoms with E-state index in [1.54, 1.807) is 6.07 Å². The summed E-state index contributed by atoms with van der Waals surface area (Å²) in [5.41, 5.74) is 0.0256. The van der Waals surface area contributed by atoms with E-state index in [0.717, 1.165) is 19.4 Å². The lowest BCUT2D eigenvalue weighted by molar-refractivity contribution is 0.0936. The van der Waals surface area contributed by atoms with Crippen LogP contribution < -0.4 is 10.1 Å². The van der Waals surface area contributed by atoms with Gasteiger partial charge in [0, 0.05) is 25.8 Å². The third kappa shape index (κ3) is 5.57. The molecule has 0 aromatic heterocycles. The van der Waals surface area contributed by atoms with Crippen LogP contribution in [0.1, 0.15) is 36.5 Å². The summed E-state index contributed by atoms with van der Waals surface area (Å²) in [4.78, 5) is 11.8. The molecule has 0 spiro atoms. The van der Waals surface area contributed by atoms with Crippen molar-refractivity contribution in [2.45, 2.75) is 26.2 Å². The predicted molar refractivity (Wildman–Crippen MR) is 75.6 cm³/mol. The molecule has 0 radical (unpaired) electrons. The van der Waals surface area contributed by atoms with Gasteiger partial charge in [-0.2, -0.15) is 0 Å². The largest absolute Gasteiger partial charge is 0.497 e. The molecule has 1 aromatic rings. The minimum atomic E-state index is -0.582. The Balaban J connectivity index is 2.29. The zero-order valence-electron chi connectivity index (χ0n) is 12.1. The van der Waals surface area contributed by atoms with Gasteiger partial charge in [0.15, 0.2) is 0 Å². The maximum atomic E-state index is 13.6. The van der Waals surface area contributed by atoms with Crippen LogP contribution in [-0.4, -0.2) is 32.8 Å². The molecule has 0 saturated carbocycles. The smallest absolute Gasteiger partial charge is 0.254 e. The second-order valence-corrected chi connectivity index (χ2v) is 4.42. The third-order valence-electron chi connectivity index (χ3n) is 2.81. The summed E-state index contributed by atoms with van der Waals surface area (Å²) >= 11 is 0. The van der Waals surface area contributed by atoms with Gasteiger partial charge in [0.25, 0.3) is 5.91 Å². The molecule has 0 atom stereocenters. The Bertz CT molecular complexity index is 424. The molecule has 0 aliphatic carbocycles. The Morgan fingerprint density at radius 3 is 2.70 bits per heavy atom. The lowest BCUT2D eigenvalue weighted by Crippen LogP contribution is -2.26.